The van der Waals surface area contributed by atoms with E-state index in [2.05, 4.69) is 5.32 Å². The standard InChI is InChI=1S/C19H25N3O5S/c1-13-5-3-4-7-19(13)17(25)22(18(26)20-19)10-16(24)27-11-15(23)21(2)9-14-6-8-28-12-14/h6,8,12-13H,3-5,7,9-11H2,1-2H3,(H,20,26)/t13-,19+/m0/s1. The van der Waals surface area contributed by atoms with Gasteiger partial charge >= 0.3 is 12.0 Å². The summed E-state index contributed by atoms with van der Waals surface area (Å²) in [5.41, 5.74) is 0.0880. The van der Waals surface area contributed by atoms with E-state index in [1.807, 2.05) is 23.8 Å². The first-order valence-electron chi connectivity index (χ1n) is 9.38. The highest BCUT2D eigenvalue weighted by Gasteiger charge is 2.55. The molecule has 2 heterocycles. The number of nitrogens with zero attached hydrogens (tertiary/aromatic N) is 2. The van der Waals surface area contributed by atoms with Crippen LogP contribution in [-0.4, -0.2) is 59.4 Å². The first kappa shape index (κ1) is 20.3. The van der Waals surface area contributed by atoms with Crippen LogP contribution in [0.3, 0.4) is 0 Å². The van der Waals surface area contributed by atoms with E-state index in [9.17, 15) is 19.2 Å². The molecule has 0 bridgehead atoms. The smallest absolute Gasteiger partial charge is 0.326 e. The summed E-state index contributed by atoms with van der Waals surface area (Å²) in [6.07, 6.45) is 3.32. The second kappa shape index (κ2) is 8.30. The van der Waals surface area contributed by atoms with Crippen molar-refractivity contribution in [3.63, 3.8) is 0 Å². The summed E-state index contributed by atoms with van der Waals surface area (Å²) in [6.45, 7) is 1.46. The minimum Gasteiger partial charge on any atom is -0.454 e. The molecule has 3 rings (SSSR count). The molecular weight excluding hydrogens is 382 g/mol. The van der Waals surface area contributed by atoms with Gasteiger partial charge in [0, 0.05) is 13.6 Å². The normalized spacial score (nSPS) is 24.4. The van der Waals surface area contributed by atoms with Gasteiger partial charge in [0.05, 0.1) is 0 Å². The highest BCUT2D eigenvalue weighted by molar-refractivity contribution is 7.07. The van der Waals surface area contributed by atoms with Crippen molar-refractivity contribution in [3.8, 4) is 0 Å². The Labute approximate surface area is 167 Å². The largest absolute Gasteiger partial charge is 0.454 e. The van der Waals surface area contributed by atoms with Gasteiger partial charge in [0.25, 0.3) is 11.8 Å². The Morgan fingerprint density at radius 2 is 2.18 bits per heavy atom. The predicted molar refractivity (Wildman–Crippen MR) is 102 cm³/mol. The molecule has 28 heavy (non-hydrogen) atoms. The Hall–Kier alpha value is -2.42. The molecule has 2 atom stereocenters. The van der Waals surface area contributed by atoms with Gasteiger partial charge in [0.15, 0.2) is 6.61 Å². The molecule has 1 saturated heterocycles. The molecule has 1 saturated carbocycles. The molecule has 0 aromatic carbocycles. The molecule has 9 heteroatoms. The summed E-state index contributed by atoms with van der Waals surface area (Å²) in [4.78, 5) is 51.7. The number of rotatable bonds is 6. The molecule has 0 radical (unpaired) electrons. The minimum atomic E-state index is -0.911. The van der Waals surface area contributed by atoms with Crippen molar-refractivity contribution in [1.82, 2.24) is 15.1 Å². The highest BCUT2D eigenvalue weighted by Crippen LogP contribution is 2.38. The number of ether oxygens (including phenoxy) is 1. The SMILES string of the molecule is C[C@H]1CCCC[C@@]12NC(=O)N(CC(=O)OCC(=O)N(C)Cc1ccsc1)C2=O. The van der Waals surface area contributed by atoms with Crippen LogP contribution in [0.25, 0.3) is 0 Å². The van der Waals surface area contributed by atoms with Gasteiger partial charge in [0.2, 0.25) is 0 Å². The zero-order valence-corrected chi connectivity index (χ0v) is 16.9. The van der Waals surface area contributed by atoms with Crippen molar-refractivity contribution in [2.45, 2.75) is 44.7 Å². The lowest BCUT2D eigenvalue weighted by Gasteiger charge is -2.36. The monoisotopic (exact) mass is 407 g/mol. The van der Waals surface area contributed by atoms with Crippen LogP contribution < -0.4 is 5.32 Å². The number of imide groups is 1. The summed E-state index contributed by atoms with van der Waals surface area (Å²) in [5.74, 6) is -1.48. The third kappa shape index (κ3) is 4.04. The fraction of sp³-hybridized carbons (Fsp3) is 0.579. The van der Waals surface area contributed by atoms with Crippen LogP contribution in [-0.2, 0) is 25.7 Å². The van der Waals surface area contributed by atoms with Crippen LogP contribution in [0.4, 0.5) is 4.79 Å². The maximum Gasteiger partial charge on any atom is 0.326 e. The first-order valence-corrected chi connectivity index (χ1v) is 10.3. The van der Waals surface area contributed by atoms with E-state index in [4.69, 9.17) is 4.74 Å². The van der Waals surface area contributed by atoms with Crippen molar-refractivity contribution in [3.05, 3.63) is 22.4 Å². The zero-order chi connectivity index (χ0) is 20.3. The van der Waals surface area contributed by atoms with E-state index in [1.165, 1.54) is 4.90 Å². The molecule has 8 nitrogen and oxygen atoms in total. The number of nitrogens with one attached hydrogen (secondary N) is 1. The number of hydrogen-bond acceptors (Lipinski definition) is 6. The fourth-order valence-electron chi connectivity index (χ4n) is 3.81. The van der Waals surface area contributed by atoms with Gasteiger partial charge in [-0.25, -0.2) is 4.79 Å². The number of likely N-dealkylation sites (N-methyl/N-ethyl adjacent to an activating group) is 1. The Balaban J connectivity index is 1.51. The van der Waals surface area contributed by atoms with E-state index >= 15 is 0 Å². The van der Waals surface area contributed by atoms with E-state index in [0.29, 0.717) is 13.0 Å². The van der Waals surface area contributed by atoms with Crippen molar-refractivity contribution in [2.75, 3.05) is 20.2 Å². The molecule has 4 amide bonds. The number of thiophene rings is 1. The van der Waals surface area contributed by atoms with Crippen LogP contribution in [0.5, 0.6) is 0 Å². The second-order valence-electron chi connectivity index (χ2n) is 7.48. The van der Waals surface area contributed by atoms with Gasteiger partial charge in [-0.1, -0.05) is 19.8 Å². The molecule has 1 spiro atoms. The van der Waals surface area contributed by atoms with E-state index in [1.54, 1.807) is 18.4 Å². The van der Waals surface area contributed by atoms with Gasteiger partial charge in [-0.2, -0.15) is 11.3 Å². The predicted octanol–water partition coefficient (Wildman–Crippen LogP) is 1.75. The number of carbonyl (C=O) groups is 4. The average Bonchev–Trinajstić information content (AvgIpc) is 3.25. The molecule has 2 aliphatic rings. The van der Waals surface area contributed by atoms with Gasteiger partial charge < -0.3 is 15.0 Å². The molecule has 1 aromatic heterocycles. The van der Waals surface area contributed by atoms with Crippen LogP contribution in [0.15, 0.2) is 16.8 Å². The van der Waals surface area contributed by atoms with Gasteiger partial charge in [0.1, 0.15) is 12.1 Å². The van der Waals surface area contributed by atoms with Crippen molar-refractivity contribution in [1.29, 1.82) is 0 Å². The third-order valence-electron chi connectivity index (χ3n) is 5.57. The number of esters is 1. The topological polar surface area (TPSA) is 96.0 Å². The third-order valence-corrected chi connectivity index (χ3v) is 6.30. The maximum atomic E-state index is 12.8. The van der Waals surface area contributed by atoms with E-state index < -0.39 is 30.7 Å². The molecule has 152 valence electrons. The molecule has 1 aliphatic carbocycles. The quantitative estimate of drug-likeness (QED) is 0.573. The maximum absolute atomic E-state index is 12.8. The molecule has 0 unspecified atom stereocenters. The lowest BCUT2D eigenvalue weighted by atomic mass is 9.73. The minimum absolute atomic E-state index is 0.0195. The van der Waals surface area contributed by atoms with Crippen molar-refractivity contribution in [2.24, 2.45) is 5.92 Å². The molecular formula is C19H25N3O5S. The lowest BCUT2D eigenvalue weighted by molar-refractivity contribution is -0.153. The Bertz CT molecular complexity index is 766. The van der Waals surface area contributed by atoms with Crippen molar-refractivity contribution >= 4 is 35.2 Å². The molecule has 1 aliphatic heterocycles. The van der Waals surface area contributed by atoms with Crippen LogP contribution in [0.1, 0.15) is 38.2 Å². The van der Waals surface area contributed by atoms with Gasteiger partial charge in [-0.05, 0) is 41.1 Å². The number of amides is 4. The Morgan fingerprint density at radius 3 is 2.86 bits per heavy atom. The zero-order valence-electron chi connectivity index (χ0n) is 16.1. The Kier molecular flexibility index (Phi) is 6.02. The van der Waals surface area contributed by atoms with Crippen molar-refractivity contribution < 1.29 is 23.9 Å². The highest BCUT2D eigenvalue weighted by atomic mass is 32.1. The summed E-state index contributed by atoms with van der Waals surface area (Å²) >= 11 is 1.54. The summed E-state index contributed by atoms with van der Waals surface area (Å²) < 4.78 is 5.00. The summed E-state index contributed by atoms with van der Waals surface area (Å²) in [7, 11) is 1.62. The van der Waals surface area contributed by atoms with Crippen LogP contribution in [0, 0.1) is 5.92 Å². The fourth-order valence-corrected chi connectivity index (χ4v) is 4.47. The first-order chi connectivity index (χ1) is 13.3. The Morgan fingerprint density at radius 1 is 1.39 bits per heavy atom. The van der Waals surface area contributed by atoms with Gasteiger partial charge in [-0.3, -0.25) is 19.3 Å². The number of hydrogen-bond donors (Lipinski definition) is 1. The second-order valence-corrected chi connectivity index (χ2v) is 8.26. The summed E-state index contributed by atoms with van der Waals surface area (Å²) in [5, 5.41) is 6.65. The molecule has 1 aromatic rings. The lowest BCUT2D eigenvalue weighted by Crippen LogP contribution is -2.54. The average molecular weight is 407 g/mol. The van der Waals surface area contributed by atoms with Crippen LogP contribution in [0.2, 0.25) is 0 Å². The van der Waals surface area contributed by atoms with Crippen LogP contribution >= 0.6 is 11.3 Å². The van der Waals surface area contributed by atoms with Gasteiger partial charge in [-0.15, -0.1) is 0 Å². The number of urea groups is 1. The molecule has 2 fully saturated rings. The van der Waals surface area contributed by atoms with E-state index in [0.717, 1.165) is 29.7 Å². The van der Waals surface area contributed by atoms with E-state index in [-0.39, 0.29) is 17.7 Å². The summed E-state index contributed by atoms with van der Waals surface area (Å²) in [6, 6.07) is 1.34. The number of carbonyl (C=O) groups excluding carboxylic acids is 4. The molecule has 1 N–H and O–H groups in total.